The number of aromatic amines is 1. The van der Waals surface area contributed by atoms with Crippen molar-refractivity contribution >= 4 is 25.9 Å². The van der Waals surface area contributed by atoms with Crippen LogP contribution in [0.1, 0.15) is 27.0 Å². The second-order valence-corrected chi connectivity index (χ2v) is 10.8. The third-order valence-electron chi connectivity index (χ3n) is 5.30. The molecular formula is C23H27FN3O9PS. The first kappa shape index (κ1) is 29.7. The summed E-state index contributed by atoms with van der Waals surface area (Å²) in [5.41, 5.74) is -3.67. The molecule has 2 heterocycles. The van der Waals surface area contributed by atoms with Gasteiger partial charge in [0.1, 0.15) is 23.0 Å². The Morgan fingerprint density at radius 3 is 2.61 bits per heavy atom. The quantitative estimate of drug-likeness (QED) is 0.143. The molecule has 0 radical (unpaired) electrons. The van der Waals surface area contributed by atoms with Gasteiger partial charge < -0.3 is 24.2 Å². The van der Waals surface area contributed by atoms with E-state index in [4.69, 9.17) is 37.2 Å². The van der Waals surface area contributed by atoms with E-state index >= 15 is 4.39 Å². The Morgan fingerprint density at radius 2 is 2.03 bits per heavy atom. The van der Waals surface area contributed by atoms with Crippen LogP contribution in [0.25, 0.3) is 0 Å². The molecule has 6 atom stereocenters. The maximum Gasteiger partial charge on any atom is 0.459 e. The van der Waals surface area contributed by atoms with Gasteiger partial charge in [0.25, 0.3) is 5.85 Å². The molecule has 38 heavy (non-hydrogen) atoms. The standard InChI is InChI=1S/C23H27FN3O9PS/c1-5-22(31)19(29)23(24,35-20(22)27-12-11-17(38)25-21(27)30)13-33-37(32,36-16-9-7-6-8-10-16)26-15(4)18(28)34-14(2)3/h1,6-12,14-15,19-20,29,31H,13H2,2-4H3,(H,26,32)(H,25,30,38)/t15-,19+,20+,22?,23+,37?/m0/s1. The third kappa shape index (κ3) is 6.39. The number of hydrogen-bond acceptors (Lipinski definition) is 10. The number of aliphatic hydroxyl groups excluding tert-OH is 1. The monoisotopic (exact) mass is 571 g/mol. The number of esters is 1. The number of carbonyl (C=O) groups is 1. The zero-order chi connectivity index (χ0) is 28.3. The molecule has 4 N–H and O–H groups in total. The molecule has 1 aromatic carbocycles. The second-order valence-electron chi connectivity index (χ2n) is 8.66. The van der Waals surface area contributed by atoms with Gasteiger partial charge in [-0.3, -0.25) is 18.9 Å². The van der Waals surface area contributed by atoms with Gasteiger partial charge in [-0.2, -0.15) is 5.09 Å². The SMILES string of the molecule is C#CC1(O)[C@@H](O)[C@@](F)(COP(=O)(N[C@@H](C)C(=O)OC(C)C)Oc2ccccc2)O[C@H]1n1ccc(=S)[nH]c1=O. The maximum absolute atomic E-state index is 16.0. The van der Waals surface area contributed by atoms with E-state index in [1.165, 1.54) is 25.1 Å². The Bertz CT molecular complexity index is 1360. The summed E-state index contributed by atoms with van der Waals surface area (Å²) in [6.45, 7) is 3.23. The molecule has 1 aliphatic rings. The average Bonchev–Trinajstić information content (AvgIpc) is 3.05. The maximum atomic E-state index is 16.0. The lowest BCUT2D eigenvalue weighted by Gasteiger charge is -2.28. The molecule has 0 spiro atoms. The first-order chi connectivity index (χ1) is 17.7. The Labute approximate surface area is 222 Å². The molecule has 12 nitrogen and oxygen atoms in total. The zero-order valence-corrected chi connectivity index (χ0v) is 22.3. The number of nitrogens with one attached hydrogen (secondary N) is 2. The van der Waals surface area contributed by atoms with Crippen LogP contribution in [0.2, 0.25) is 0 Å². The van der Waals surface area contributed by atoms with Crippen molar-refractivity contribution in [2.45, 2.75) is 56.7 Å². The average molecular weight is 572 g/mol. The molecule has 0 amide bonds. The number of para-hydroxylation sites is 1. The van der Waals surface area contributed by atoms with Crippen LogP contribution in [0.5, 0.6) is 5.75 Å². The fourth-order valence-corrected chi connectivity index (χ4v) is 5.11. The number of benzene rings is 1. The Balaban J connectivity index is 1.90. The largest absolute Gasteiger partial charge is 0.462 e. The Morgan fingerprint density at radius 1 is 1.37 bits per heavy atom. The summed E-state index contributed by atoms with van der Waals surface area (Å²) in [6.07, 6.45) is 1.57. The van der Waals surface area contributed by atoms with Crippen molar-refractivity contribution in [3.05, 3.63) is 57.7 Å². The minimum atomic E-state index is -4.58. The summed E-state index contributed by atoms with van der Waals surface area (Å²) < 4.78 is 51.3. The van der Waals surface area contributed by atoms with E-state index in [-0.39, 0.29) is 10.4 Å². The summed E-state index contributed by atoms with van der Waals surface area (Å²) in [6, 6.07) is 7.67. The van der Waals surface area contributed by atoms with Gasteiger partial charge in [-0.05, 0) is 39.0 Å². The highest BCUT2D eigenvalue weighted by molar-refractivity contribution is 7.71. The van der Waals surface area contributed by atoms with E-state index < -0.39 is 61.9 Å². The van der Waals surface area contributed by atoms with Crippen molar-refractivity contribution in [3.8, 4) is 18.1 Å². The van der Waals surface area contributed by atoms with Crippen LogP contribution in [0.3, 0.4) is 0 Å². The van der Waals surface area contributed by atoms with Gasteiger partial charge in [-0.1, -0.05) is 36.3 Å². The van der Waals surface area contributed by atoms with Crippen molar-refractivity contribution < 1.29 is 42.5 Å². The molecular weight excluding hydrogens is 544 g/mol. The lowest BCUT2D eigenvalue weighted by molar-refractivity contribution is -0.204. The van der Waals surface area contributed by atoms with Gasteiger partial charge in [-0.25, -0.2) is 13.8 Å². The molecule has 206 valence electrons. The lowest BCUT2D eigenvalue weighted by Crippen LogP contribution is -2.51. The van der Waals surface area contributed by atoms with Crippen LogP contribution >= 0.6 is 20.0 Å². The number of H-pyrrole nitrogens is 1. The molecule has 0 bridgehead atoms. The van der Waals surface area contributed by atoms with E-state index in [9.17, 15) is 24.4 Å². The Kier molecular flexibility index (Phi) is 8.95. The number of nitrogens with zero attached hydrogens (tertiary/aromatic N) is 1. The molecule has 1 aliphatic heterocycles. The first-order valence-electron chi connectivity index (χ1n) is 11.3. The molecule has 2 aromatic rings. The van der Waals surface area contributed by atoms with Crippen molar-refractivity contribution in [3.63, 3.8) is 0 Å². The smallest absolute Gasteiger partial charge is 0.459 e. The number of ether oxygens (including phenoxy) is 2. The van der Waals surface area contributed by atoms with Crippen LogP contribution in [0.4, 0.5) is 4.39 Å². The normalized spacial score (nSPS) is 27.3. The fourth-order valence-electron chi connectivity index (χ4n) is 3.45. The summed E-state index contributed by atoms with van der Waals surface area (Å²) in [5, 5.41) is 23.9. The predicted molar refractivity (Wildman–Crippen MR) is 134 cm³/mol. The van der Waals surface area contributed by atoms with Gasteiger partial charge in [0.05, 0.1) is 6.10 Å². The van der Waals surface area contributed by atoms with Crippen molar-refractivity contribution in [1.29, 1.82) is 0 Å². The van der Waals surface area contributed by atoms with E-state index in [2.05, 4.69) is 10.1 Å². The van der Waals surface area contributed by atoms with Gasteiger partial charge in [0.2, 0.25) is 5.60 Å². The summed E-state index contributed by atoms with van der Waals surface area (Å²) in [5.74, 6) is -2.21. The first-order valence-corrected chi connectivity index (χ1v) is 13.2. The molecule has 0 saturated carbocycles. The number of halogens is 1. The second kappa shape index (κ2) is 11.5. The molecule has 2 unspecified atom stereocenters. The zero-order valence-electron chi connectivity index (χ0n) is 20.6. The van der Waals surface area contributed by atoms with E-state index in [0.29, 0.717) is 4.57 Å². The highest BCUT2D eigenvalue weighted by atomic mass is 32.1. The number of alkyl halides is 1. The topological polar surface area (TPSA) is 161 Å². The molecule has 1 saturated heterocycles. The molecule has 1 fully saturated rings. The third-order valence-corrected chi connectivity index (χ3v) is 7.16. The number of hydrogen-bond donors (Lipinski definition) is 4. The molecule has 3 rings (SSSR count). The van der Waals surface area contributed by atoms with Crippen LogP contribution in [-0.4, -0.2) is 62.0 Å². The van der Waals surface area contributed by atoms with E-state index in [1.54, 1.807) is 32.0 Å². The minimum absolute atomic E-state index is 0.0395. The summed E-state index contributed by atoms with van der Waals surface area (Å²) in [7, 11) is -4.58. The van der Waals surface area contributed by atoms with Crippen molar-refractivity contribution in [2.24, 2.45) is 0 Å². The van der Waals surface area contributed by atoms with Crippen LogP contribution in [0, 0.1) is 17.0 Å². The molecule has 0 aliphatic carbocycles. The van der Waals surface area contributed by atoms with Crippen molar-refractivity contribution in [1.82, 2.24) is 14.6 Å². The minimum Gasteiger partial charge on any atom is -0.462 e. The van der Waals surface area contributed by atoms with Gasteiger partial charge in [0, 0.05) is 6.20 Å². The van der Waals surface area contributed by atoms with E-state index in [0.717, 1.165) is 6.20 Å². The fraction of sp³-hybridized carbons (Fsp3) is 0.435. The van der Waals surface area contributed by atoms with Crippen LogP contribution in [-0.2, 0) is 23.4 Å². The van der Waals surface area contributed by atoms with Gasteiger partial charge in [-0.15, -0.1) is 6.42 Å². The number of aliphatic hydroxyl groups is 2. The highest BCUT2D eigenvalue weighted by Crippen LogP contribution is 2.50. The Hall–Kier alpha value is -2.89. The summed E-state index contributed by atoms with van der Waals surface area (Å²) >= 11 is 4.86. The number of carbonyl (C=O) groups excluding carboxylic acids is 1. The number of aromatic nitrogens is 2. The van der Waals surface area contributed by atoms with Gasteiger partial charge >= 0.3 is 19.4 Å². The predicted octanol–water partition coefficient (Wildman–Crippen LogP) is 1.96. The highest BCUT2D eigenvalue weighted by Gasteiger charge is 2.65. The van der Waals surface area contributed by atoms with Crippen LogP contribution in [0.15, 0.2) is 47.4 Å². The molecule has 15 heteroatoms. The van der Waals surface area contributed by atoms with Crippen molar-refractivity contribution in [2.75, 3.05) is 6.61 Å². The molecule has 1 aromatic heterocycles. The van der Waals surface area contributed by atoms with Gasteiger partial charge in [0.15, 0.2) is 12.3 Å². The summed E-state index contributed by atoms with van der Waals surface area (Å²) in [4.78, 5) is 26.9. The number of rotatable bonds is 10. The lowest BCUT2D eigenvalue weighted by atomic mass is 9.94. The van der Waals surface area contributed by atoms with E-state index in [1.807, 2.05) is 5.92 Å². The number of terminal acetylenes is 1. The van der Waals surface area contributed by atoms with Crippen LogP contribution < -0.4 is 15.3 Å².